The van der Waals surface area contributed by atoms with Gasteiger partial charge in [-0.05, 0) is 30.7 Å². The van der Waals surface area contributed by atoms with Gasteiger partial charge in [0, 0.05) is 5.69 Å². The van der Waals surface area contributed by atoms with Gasteiger partial charge in [-0.15, -0.1) is 0 Å². The van der Waals surface area contributed by atoms with E-state index in [1.165, 1.54) is 0 Å². The summed E-state index contributed by atoms with van der Waals surface area (Å²) in [4.78, 5) is 10.0. The third-order valence-electron chi connectivity index (χ3n) is 1.45. The second kappa shape index (κ2) is 3.76. The van der Waals surface area contributed by atoms with E-state index in [4.69, 9.17) is 0 Å². The van der Waals surface area contributed by atoms with Crippen molar-refractivity contribution < 1.29 is 4.79 Å². The Hall–Kier alpha value is -1.31. The van der Waals surface area contributed by atoms with Gasteiger partial charge in [0.2, 0.25) is 0 Å². The average Bonchev–Trinajstić information content (AvgIpc) is 2.03. The van der Waals surface area contributed by atoms with Gasteiger partial charge in [-0.3, -0.25) is 0 Å². The molecule has 0 aliphatic carbocycles. The molecule has 0 aliphatic heterocycles. The van der Waals surface area contributed by atoms with E-state index in [1.807, 2.05) is 25.1 Å². The molecule has 0 heterocycles. The lowest BCUT2D eigenvalue weighted by atomic mass is 10.2. The van der Waals surface area contributed by atoms with Gasteiger partial charge in [-0.25, -0.2) is 0 Å². The lowest BCUT2D eigenvalue weighted by Crippen LogP contribution is -2.02. The maximum Gasteiger partial charge on any atom is 0.139 e. The molecule has 1 N–H and O–H groups in total. The van der Waals surface area contributed by atoms with E-state index in [0.29, 0.717) is 6.54 Å². The molecule has 0 spiro atoms. The zero-order chi connectivity index (χ0) is 8.10. The number of carbonyl (C=O) groups is 1. The predicted octanol–water partition coefficient (Wildman–Crippen LogP) is 1.41. The number of aldehydes is 1. The average molecular weight is 148 g/mol. The van der Waals surface area contributed by atoms with E-state index in [2.05, 4.69) is 11.4 Å². The smallest absolute Gasteiger partial charge is 0.139 e. The number of benzene rings is 1. The molecule has 0 saturated carbocycles. The number of nitrogens with one attached hydrogen (secondary N) is 1. The van der Waals surface area contributed by atoms with E-state index < -0.39 is 0 Å². The van der Waals surface area contributed by atoms with Crippen molar-refractivity contribution in [3.05, 3.63) is 29.8 Å². The van der Waals surface area contributed by atoms with Gasteiger partial charge in [0.05, 0.1) is 6.54 Å². The molecule has 57 valence electrons. The fourth-order valence-corrected chi connectivity index (χ4v) is 0.864. The van der Waals surface area contributed by atoms with Gasteiger partial charge in [0.1, 0.15) is 6.29 Å². The molecule has 0 aromatic heterocycles. The van der Waals surface area contributed by atoms with Gasteiger partial charge in [0.25, 0.3) is 0 Å². The first kappa shape index (κ1) is 7.79. The zero-order valence-corrected chi connectivity index (χ0v) is 6.42. The first-order valence-corrected chi connectivity index (χ1v) is 3.49. The van der Waals surface area contributed by atoms with E-state index in [9.17, 15) is 4.79 Å². The van der Waals surface area contributed by atoms with E-state index in [-0.39, 0.29) is 0 Å². The summed E-state index contributed by atoms with van der Waals surface area (Å²) in [6.45, 7) is 2.34. The molecular formula is C9H10NO. The van der Waals surface area contributed by atoms with E-state index in [0.717, 1.165) is 17.5 Å². The minimum atomic E-state index is 0.366. The highest BCUT2D eigenvalue weighted by molar-refractivity contribution is 5.61. The highest BCUT2D eigenvalue weighted by Crippen LogP contribution is 2.11. The van der Waals surface area contributed by atoms with Crippen molar-refractivity contribution in [3.8, 4) is 0 Å². The summed E-state index contributed by atoms with van der Waals surface area (Å²) in [6, 6.07) is 8.55. The first-order valence-electron chi connectivity index (χ1n) is 3.49. The normalized spacial score (nSPS) is 9.18. The van der Waals surface area contributed by atoms with Crippen molar-refractivity contribution in [2.75, 3.05) is 11.9 Å². The SMILES string of the molecule is Cc1c[c]ccc1NCC=O. The van der Waals surface area contributed by atoms with Crippen molar-refractivity contribution >= 4 is 12.0 Å². The minimum Gasteiger partial charge on any atom is -0.378 e. The molecule has 0 amide bonds. The molecule has 0 saturated heterocycles. The molecule has 1 aromatic carbocycles. The van der Waals surface area contributed by atoms with Crippen molar-refractivity contribution in [3.63, 3.8) is 0 Å². The molecule has 0 unspecified atom stereocenters. The van der Waals surface area contributed by atoms with Crippen LogP contribution in [-0.2, 0) is 4.79 Å². The predicted molar refractivity (Wildman–Crippen MR) is 44.6 cm³/mol. The third-order valence-corrected chi connectivity index (χ3v) is 1.45. The van der Waals surface area contributed by atoms with Crippen LogP contribution in [0.25, 0.3) is 0 Å². The van der Waals surface area contributed by atoms with Crippen LogP contribution in [0.5, 0.6) is 0 Å². The monoisotopic (exact) mass is 148 g/mol. The Morgan fingerprint density at radius 1 is 1.73 bits per heavy atom. The largest absolute Gasteiger partial charge is 0.378 e. The Labute approximate surface area is 66.2 Å². The number of anilines is 1. The Balaban J connectivity index is 2.69. The summed E-state index contributed by atoms with van der Waals surface area (Å²) in [5.41, 5.74) is 2.10. The Bertz CT molecular complexity index is 245. The second-order valence-electron chi connectivity index (χ2n) is 2.29. The number of hydrogen-bond acceptors (Lipinski definition) is 2. The Kier molecular flexibility index (Phi) is 2.66. The van der Waals surface area contributed by atoms with E-state index in [1.54, 1.807) is 0 Å². The number of rotatable bonds is 3. The van der Waals surface area contributed by atoms with Crippen LogP contribution in [0.3, 0.4) is 0 Å². The number of carbonyl (C=O) groups excluding carboxylic acids is 1. The highest BCUT2D eigenvalue weighted by atomic mass is 16.1. The summed E-state index contributed by atoms with van der Waals surface area (Å²) < 4.78 is 0. The molecule has 0 fully saturated rings. The molecule has 1 rings (SSSR count). The Morgan fingerprint density at radius 3 is 3.18 bits per heavy atom. The van der Waals surface area contributed by atoms with Gasteiger partial charge in [-0.2, -0.15) is 0 Å². The summed E-state index contributed by atoms with van der Waals surface area (Å²) in [5.74, 6) is 0. The molecule has 2 heteroatoms. The zero-order valence-electron chi connectivity index (χ0n) is 6.42. The summed E-state index contributed by atoms with van der Waals surface area (Å²) in [7, 11) is 0. The summed E-state index contributed by atoms with van der Waals surface area (Å²) in [6.07, 6.45) is 0.843. The molecule has 11 heavy (non-hydrogen) atoms. The van der Waals surface area contributed by atoms with Crippen LogP contribution in [0.4, 0.5) is 5.69 Å². The third kappa shape index (κ3) is 2.08. The van der Waals surface area contributed by atoms with Crippen molar-refractivity contribution in [1.29, 1.82) is 0 Å². The minimum absolute atomic E-state index is 0.366. The van der Waals surface area contributed by atoms with Crippen molar-refractivity contribution in [1.82, 2.24) is 0 Å². The van der Waals surface area contributed by atoms with Gasteiger partial charge in [0.15, 0.2) is 0 Å². The molecule has 1 aromatic rings. The second-order valence-corrected chi connectivity index (χ2v) is 2.29. The molecule has 0 aliphatic rings. The van der Waals surface area contributed by atoms with Gasteiger partial charge in [-0.1, -0.05) is 6.07 Å². The fraction of sp³-hybridized carbons (Fsp3) is 0.222. The fourth-order valence-electron chi connectivity index (χ4n) is 0.864. The number of aryl methyl sites for hydroxylation is 1. The van der Waals surface area contributed by atoms with Gasteiger partial charge >= 0.3 is 0 Å². The maximum absolute atomic E-state index is 10.0. The molecule has 2 nitrogen and oxygen atoms in total. The quantitative estimate of drug-likeness (QED) is 0.656. The van der Waals surface area contributed by atoms with Crippen molar-refractivity contribution in [2.45, 2.75) is 6.92 Å². The van der Waals surface area contributed by atoms with Crippen LogP contribution in [0.1, 0.15) is 5.56 Å². The Morgan fingerprint density at radius 2 is 2.55 bits per heavy atom. The van der Waals surface area contributed by atoms with Crippen LogP contribution >= 0.6 is 0 Å². The van der Waals surface area contributed by atoms with Crippen molar-refractivity contribution in [2.24, 2.45) is 0 Å². The maximum atomic E-state index is 10.0. The molecule has 1 radical (unpaired) electrons. The molecule has 0 bridgehead atoms. The topological polar surface area (TPSA) is 29.1 Å². The molecule has 0 atom stereocenters. The molecular weight excluding hydrogens is 138 g/mol. The van der Waals surface area contributed by atoms with Crippen LogP contribution in [-0.4, -0.2) is 12.8 Å². The van der Waals surface area contributed by atoms with E-state index >= 15 is 0 Å². The van der Waals surface area contributed by atoms with Crippen LogP contribution in [0.15, 0.2) is 18.2 Å². The summed E-state index contributed by atoms with van der Waals surface area (Å²) >= 11 is 0. The van der Waals surface area contributed by atoms with Gasteiger partial charge < -0.3 is 10.1 Å². The summed E-state index contributed by atoms with van der Waals surface area (Å²) in [5, 5.41) is 2.97. The van der Waals surface area contributed by atoms with Crippen LogP contribution in [0, 0.1) is 13.0 Å². The lowest BCUT2D eigenvalue weighted by molar-refractivity contribution is -0.106. The highest BCUT2D eigenvalue weighted by Gasteiger charge is 1.92. The van der Waals surface area contributed by atoms with Crippen LogP contribution in [0.2, 0.25) is 0 Å². The first-order chi connectivity index (χ1) is 5.34. The standard InChI is InChI=1S/C9H10NO/c1-8-4-2-3-5-9(8)10-6-7-11/h3-5,7,10H,6H2,1H3. The van der Waals surface area contributed by atoms with Crippen LogP contribution < -0.4 is 5.32 Å². The lowest BCUT2D eigenvalue weighted by Gasteiger charge is -2.04. The number of hydrogen-bond donors (Lipinski definition) is 1.